The lowest BCUT2D eigenvalue weighted by atomic mass is 9.86. The second kappa shape index (κ2) is 19.9. The molecule has 1 aliphatic heterocycles. The Labute approximate surface area is 289 Å². The lowest BCUT2D eigenvalue weighted by molar-refractivity contribution is -0.122. The van der Waals surface area contributed by atoms with Crippen molar-refractivity contribution in [3.05, 3.63) is 88.4 Å². The number of hydrogen-bond donors (Lipinski definition) is 2. The summed E-state index contributed by atoms with van der Waals surface area (Å²) < 4.78 is 11.0. The molecule has 2 aromatic carbocycles. The van der Waals surface area contributed by atoms with E-state index in [4.69, 9.17) is 9.47 Å². The molecule has 3 amide bonds. The Morgan fingerprint density at radius 2 is 1.60 bits per heavy atom. The van der Waals surface area contributed by atoms with Crippen LogP contribution in [0.4, 0.5) is 9.59 Å². The van der Waals surface area contributed by atoms with Crippen LogP contribution in [0.3, 0.4) is 0 Å². The van der Waals surface area contributed by atoms with Crippen LogP contribution in [0.5, 0.6) is 0 Å². The fourth-order valence-corrected chi connectivity index (χ4v) is 6.31. The van der Waals surface area contributed by atoms with E-state index in [-0.39, 0.29) is 36.4 Å². The lowest BCUT2D eigenvalue weighted by Crippen LogP contribution is -2.50. The SMILES string of the molecule is CC(C)N(C)C(=O)N[C@@H](CCN1CCOCC1)C(=O)C[C@@H](CC[C@H](Cc1ccccc1)NC(=O)OCc1cncs1)Cc1ccccc1. The highest BCUT2D eigenvalue weighted by Gasteiger charge is 2.28. The zero-order valence-electron chi connectivity index (χ0n) is 28.5. The summed E-state index contributed by atoms with van der Waals surface area (Å²) in [6.45, 7) is 7.78. The second-order valence-corrected chi connectivity index (χ2v) is 13.8. The summed E-state index contributed by atoms with van der Waals surface area (Å²) >= 11 is 1.44. The van der Waals surface area contributed by atoms with Crippen LogP contribution in [0.15, 0.2) is 72.4 Å². The molecule has 0 saturated carbocycles. The average molecular weight is 678 g/mol. The van der Waals surface area contributed by atoms with Gasteiger partial charge in [0.05, 0.1) is 29.6 Å². The number of thiazole rings is 1. The molecule has 2 N–H and O–H groups in total. The Bertz CT molecular complexity index is 1370. The minimum atomic E-state index is -0.597. The maximum Gasteiger partial charge on any atom is 0.407 e. The van der Waals surface area contributed by atoms with E-state index < -0.39 is 12.1 Å². The van der Waals surface area contributed by atoms with E-state index in [1.54, 1.807) is 23.7 Å². The van der Waals surface area contributed by atoms with Crippen LogP contribution in [-0.4, -0.2) is 90.7 Å². The third-order valence-corrected chi connectivity index (χ3v) is 9.63. The van der Waals surface area contributed by atoms with Crippen molar-refractivity contribution < 1.29 is 23.9 Å². The first-order valence-corrected chi connectivity index (χ1v) is 17.9. The van der Waals surface area contributed by atoms with E-state index >= 15 is 0 Å². The number of carbonyl (C=O) groups is 3. The van der Waals surface area contributed by atoms with Crippen molar-refractivity contribution in [3.63, 3.8) is 0 Å². The maximum absolute atomic E-state index is 14.1. The van der Waals surface area contributed by atoms with Gasteiger partial charge in [0, 0.05) is 51.4 Å². The molecule has 260 valence electrons. The fourth-order valence-electron chi connectivity index (χ4n) is 5.81. The van der Waals surface area contributed by atoms with Crippen LogP contribution in [-0.2, 0) is 33.7 Å². The molecule has 0 radical (unpaired) electrons. The summed E-state index contributed by atoms with van der Waals surface area (Å²) in [5.41, 5.74) is 3.98. The predicted molar refractivity (Wildman–Crippen MR) is 189 cm³/mol. The van der Waals surface area contributed by atoms with Gasteiger partial charge in [0.25, 0.3) is 0 Å². The smallest absolute Gasteiger partial charge is 0.407 e. The zero-order chi connectivity index (χ0) is 34.1. The topological polar surface area (TPSA) is 113 Å². The van der Waals surface area contributed by atoms with Crippen molar-refractivity contribution in [1.82, 2.24) is 25.4 Å². The van der Waals surface area contributed by atoms with Crippen molar-refractivity contribution in [3.8, 4) is 0 Å². The Morgan fingerprint density at radius 3 is 2.23 bits per heavy atom. The lowest BCUT2D eigenvalue weighted by Gasteiger charge is -2.30. The molecule has 10 nitrogen and oxygen atoms in total. The normalized spacial score (nSPS) is 15.3. The highest BCUT2D eigenvalue weighted by molar-refractivity contribution is 7.09. The molecule has 2 heterocycles. The van der Waals surface area contributed by atoms with E-state index in [1.165, 1.54) is 11.3 Å². The Morgan fingerprint density at radius 1 is 0.938 bits per heavy atom. The predicted octanol–water partition coefficient (Wildman–Crippen LogP) is 5.72. The number of ketones is 1. The molecule has 11 heteroatoms. The summed E-state index contributed by atoms with van der Waals surface area (Å²) in [5, 5.41) is 6.15. The number of amides is 3. The summed E-state index contributed by atoms with van der Waals surface area (Å²) in [4.78, 5) is 48.9. The molecule has 3 aromatic rings. The largest absolute Gasteiger partial charge is 0.444 e. The van der Waals surface area contributed by atoms with Gasteiger partial charge in [-0.2, -0.15) is 0 Å². The number of rotatable bonds is 18. The number of urea groups is 1. The number of Topliss-reactive ketones (excluding diaryl/α,β-unsaturated/α-hetero) is 1. The second-order valence-electron chi connectivity index (χ2n) is 12.8. The average Bonchev–Trinajstić information content (AvgIpc) is 3.63. The highest BCUT2D eigenvalue weighted by Crippen LogP contribution is 2.22. The van der Waals surface area contributed by atoms with E-state index in [0.717, 1.165) is 35.5 Å². The Balaban J connectivity index is 1.46. The van der Waals surface area contributed by atoms with Crippen molar-refractivity contribution in [2.45, 2.75) is 77.1 Å². The van der Waals surface area contributed by atoms with Gasteiger partial charge in [-0.15, -0.1) is 11.3 Å². The van der Waals surface area contributed by atoms with Gasteiger partial charge in [0.1, 0.15) is 6.61 Å². The van der Waals surface area contributed by atoms with Gasteiger partial charge in [0.15, 0.2) is 5.78 Å². The first-order valence-electron chi connectivity index (χ1n) is 17.0. The Kier molecular flexibility index (Phi) is 15.3. The van der Waals surface area contributed by atoms with Crippen LogP contribution in [0.1, 0.15) is 55.5 Å². The number of nitrogens with zero attached hydrogens (tertiary/aromatic N) is 3. The molecule has 48 heavy (non-hydrogen) atoms. The molecule has 0 bridgehead atoms. The van der Waals surface area contributed by atoms with Gasteiger partial charge in [-0.1, -0.05) is 60.7 Å². The number of morpholine rings is 1. The monoisotopic (exact) mass is 677 g/mol. The number of nitrogens with one attached hydrogen (secondary N) is 2. The molecule has 1 saturated heterocycles. The van der Waals surface area contributed by atoms with Crippen molar-refractivity contribution >= 4 is 29.2 Å². The summed E-state index contributed by atoms with van der Waals surface area (Å²) in [7, 11) is 1.75. The number of benzene rings is 2. The first kappa shape index (κ1) is 37.0. The molecule has 4 rings (SSSR count). The van der Waals surface area contributed by atoms with Crippen molar-refractivity contribution in [2.75, 3.05) is 39.9 Å². The molecule has 0 aliphatic carbocycles. The van der Waals surface area contributed by atoms with Crippen molar-refractivity contribution in [2.24, 2.45) is 5.92 Å². The summed E-state index contributed by atoms with van der Waals surface area (Å²) in [6.07, 6.45) is 4.82. The van der Waals surface area contributed by atoms with Crippen molar-refractivity contribution in [1.29, 1.82) is 0 Å². The van der Waals surface area contributed by atoms with Crippen LogP contribution in [0.25, 0.3) is 0 Å². The fraction of sp³-hybridized carbons (Fsp3) is 0.514. The number of hydrogen-bond acceptors (Lipinski definition) is 8. The minimum absolute atomic E-state index is 0.00791. The van der Waals surface area contributed by atoms with E-state index in [9.17, 15) is 14.4 Å². The number of carbonyl (C=O) groups excluding carboxylic acids is 3. The molecule has 3 atom stereocenters. The Hall–Kier alpha value is -3.80. The minimum Gasteiger partial charge on any atom is -0.444 e. The van der Waals surface area contributed by atoms with E-state index in [0.29, 0.717) is 51.9 Å². The van der Waals surface area contributed by atoms with Gasteiger partial charge in [-0.05, 0) is 63.0 Å². The molecular weight excluding hydrogens is 627 g/mol. The van der Waals surface area contributed by atoms with Gasteiger partial charge < -0.3 is 25.0 Å². The molecule has 0 spiro atoms. The molecule has 0 unspecified atom stereocenters. The molecule has 1 aromatic heterocycles. The van der Waals surface area contributed by atoms with E-state index in [1.807, 2.05) is 50.2 Å². The van der Waals surface area contributed by atoms with Crippen LogP contribution in [0, 0.1) is 5.92 Å². The zero-order valence-corrected chi connectivity index (χ0v) is 29.3. The quantitative estimate of drug-likeness (QED) is 0.177. The first-order chi connectivity index (χ1) is 23.3. The van der Waals surface area contributed by atoms with Gasteiger partial charge in [-0.25, -0.2) is 9.59 Å². The van der Waals surface area contributed by atoms with E-state index in [2.05, 4.69) is 44.8 Å². The maximum atomic E-state index is 14.1. The number of ether oxygens (including phenoxy) is 2. The van der Waals surface area contributed by atoms with Crippen LogP contribution in [0.2, 0.25) is 0 Å². The highest BCUT2D eigenvalue weighted by atomic mass is 32.1. The molecular formula is C37H51N5O5S. The third kappa shape index (κ3) is 13.0. The molecule has 1 aliphatic rings. The molecule has 1 fully saturated rings. The standard InChI is InChI=1S/C37H51N5O5S/c1-28(2)41(3)36(44)40-34(16-17-42-18-20-46-21-19-42)35(43)24-31(22-29-10-6-4-7-11-29)14-15-32(23-30-12-8-5-9-13-30)39-37(45)47-26-33-25-38-27-48-33/h4-13,25,27-28,31-32,34H,14-24,26H2,1-3H3,(H,39,45)(H,40,44)/t31-,32+,34-/m0/s1. The summed E-state index contributed by atoms with van der Waals surface area (Å²) in [5.74, 6) is 0.0463. The van der Waals surface area contributed by atoms with Crippen LogP contribution >= 0.6 is 11.3 Å². The summed E-state index contributed by atoms with van der Waals surface area (Å²) in [6, 6.07) is 19.2. The van der Waals surface area contributed by atoms with Gasteiger partial charge in [0.2, 0.25) is 0 Å². The van der Waals surface area contributed by atoms with Gasteiger partial charge >= 0.3 is 12.1 Å². The number of alkyl carbamates (subject to hydrolysis) is 1. The van der Waals surface area contributed by atoms with Crippen LogP contribution < -0.4 is 10.6 Å². The number of aromatic nitrogens is 1. The third-order valence-electron chi connectivity index (χ3n) is 8.88. The van der Waals surface area contributed by atoms with Gasteiger partial charge in [-0.3, -0.25) is 14.7 Å².